The van der Waals surface area contributed by atoms with Crippen LogP contribution in [0.4, 0.5) is 5.69 Å². The smallest absolute Gasteiger partial charge is 0.0509 e. The second kappa shape index (κ2) is 5.36. The second-order valence-corrected chi connectivity index (χ2v) is 4.24. The fraction of sp³-hybridized carbons (Fsp3) is 0.583. The SMILES string of the molecule is CCN(c1cc(C)ncc1CCl)C(C)C. The summed E-state index contributed by atoms with van der Waals surface area (Å²) in [7, 11) is 0. The number of anilines is 1. The molecule has 3 heteroatoms. The number of halogens is 1. The van der Waals surface area contributed by atoms with Crippen molar-refractivity contribution in [1.29, 1.82) is 0 Å². The molecule has 0 aromatic carbocycles. The van der Waals surface area contributed by atoms with Crippen LogP contribution in [0.15, 0.2) is 12.3 Å². The fourth-order valence-electron chi connectivity index (χ4n) is 1.76. The second-order valence-electron chi connectivity index (χ2n) is 3.97. The van der Waals surface area contributed by atoms with E-state index in [-0.39, 0.29) is 0 Å². The summed E-state index contributed by atoms with van der Waals surface area (Å²) >= 11 is 5.92. The molecule has 84 valence electrons. The van der Waals surface area contributed by atoms with Gasteiger partial charge in [-0.2, -0.15) is 0 Å². The van der Waals surface area contributed by atoms with Crippen LogP contribution in [-0.4, -0.2) is 17.6 Å². The van der Waals surface area contributed by atoms with Crippen molar-refractivity contribution >= 4 is 17.3 Å². The predicted molar refractivity (Wildman–Crippen MR) is 66.7 cm³/mol. The van der Waals surface area contributed by atoms with Gasteiger partial charge in [0.15, 0.2) is 0 Å². The fourth-order valence-corrected chi connectivity index (χ4v) is 1.96. The monoisotopic (exact) mass is 226 g/mol. The minimum atomic E-state index is 0.485. The van der Waals surface area contributed by atoms with E-state index < -0.39 is 0 Å². The van der Waals surface area contributed by atoms with Gasteiger partial charge in [-0.3, -0.25) is 4.98 Å². The van der Waals surface area contributed by atoms with E-state index in [9.17, 15) is 0 Å². The molecule has 1 aromatic rings. The van der Waals surface area contributed by atoms with Crippen LogP contribution in [0, 0.1) is 6.92 Å². The van der Waals surface area contributed by atoms with Crippen molar-refractivity contribution in [3.8, 4) is 0 Å². The Morgan fingerprint density at radius 2 is 2.13 bits per heavy atom. The first-order chi connectivity index (χ1) is 7.10. The Labute approximate surface area is 97.3 Å². The van der Waals surface area contributed by atoms with Crippen LogP contribution < -0.4 is 4.90 Å². The molecule has 0 amide bonds. The molecule has 0 spiro atoms. The summed E-state index contributed by atoms with van der Waals surface area (Å²) in [5.74, 6) is 0.520. The third-order valence-electron chi connectivity index (χ3n) is 2.52. The Bertz CT molecular complexity index is 323. The molecule has 0 radical (unpaired) electrons. The number of rotatable bonds is 4. The van der Waals surface area contributed by atoms with Crippen molar-refractivity contribution in [2.24, 2.45) is 0 Å². The zero-order chi connectivity index (χ0) is 11.4. The molecule has 2 nitrogen and oxygen atoms in total. The lowest BCUT2D eigenvalue weighted by Gasteiger charge is -2.29. The first-order valence-electron chi connectivity index (χ1n) is 5.38. The molecule has 1 rings (SSSR count). The highest BCUT2D eigenvalue weighted by Crippen LogP contribution is 2.24. The average molecular weight is 227 g/mol. The van der Waals surface area contributed by atoms with Gasteiger partial charge in [-0.1, -0.05) is 0 Å². The molecule has 0 fully saturated rings. The molecule has 15 heavy (non-hydrogen) atoms. The predicted octanol–water partition coefficient (Wildman–Crippen LogP) is 3.36. The first-order valence-corrected chi connectivity index (χ1v) is 5.91. The summed E-state index contributed by atoms with van der Waals surface area (Å²) in [6.45, 7) is 9.54. The number of hydrogen-bond donors (Lipinski definition) is 0. The highest BCUT2D eigenvalue weighted by atomic mass is 35.5. The summed E-state index contributed by atoms with van der Waals surface area (Å²) in [5.41, 5.74) is 3.37. The van der Waals surface area contributed by atoms with Gasteiger partial charge in [0.1, 0.15) is 0 Å². The van der Waals surface area contributed by atoms with E-state index in [1.54, 1.807) is 0 Å². The zero-order valence-corrected chi connectivity index (χ0v) is 10.7. The average Bonchev–Trinajstić information content (AvgIpc) is 2.18. The van der Waals surface area contributed by atoms with Crippen LogP contribution in [-0.2, 0) is 5.88 Å². The molecule has 0 saturated carbocycles. The molecular weight excluding hydrogens is 208 g/mol. The van der Waals surface area contributed by atoms with Gasteiger partial charge in [-0.15, -0.1) is 11.6 Å². The Kier molecular flexibility index (Phi) is 4.40. The molecule has 0 unspecified atom stereocenters. The Morgan fingerprint density at radius 1 is 1.47 bits per heavy atom. The van der Waals surface area contributed by atoms with Crippen LogP contribution in [0.25, 0.3) is 0 Å². The molecule has 0 bridgehead atoms. The third-order valence-corrected chi connectivity index (χ3v) is 2.80. The van der Waals surface area contributed by atoms with Crippen molar-refractivity contribution in [2.45, 2.75) is 39.6 Å². The maximum absolute atomic E-state index is 5.92. The lowest BCUT2D eigenvalue weighted by molar-refractivity contribution is 0.700. The molecule has 0 saturated heterocycles. The molecular formula is C12H19ClN2. The number of aryl methyl sites for hydroxylation is 1. The highest BCUT2D eigenvalue weighted by Gasteiger charge is 2.12. The van der Waals surface area contributed by atoms with Crippen LogP contribution in [0.1, 0.15) is 32.0 Å². The third kappa shape index (κ3) is 2.85. The van der Waals surface area contributed by atoms with Crippen molar-refractivity contribution in [3.63, 3.8) is 0 Å². The van der Waals surface area contributed by atoms with E-state index in [0.29, 0.717) is 11.9 Å². The summed E-state index contributed by atoms with van der Waals surface area (Å²) in [5, 5.41) is 0. The summed E-state index contributed by atoms with van der Waals surface area (Å²) in [4.78, 5) is 6.62. The minimum Gasteiger partial charge on any atom is -0.369 e. The topological polar surface area (TPSA) is 16.1 Å². The van der Waals surface area contributed by atoms with E-state index in [0.717, 1.165) is 17.8 Å². The number of aromatic nitrogens is 1. The van der Waals surface area contributed by atoms with Crippen molar-refractivity contribution in [3.05, 3.63) is 23.5 Å². The molecule has 0 aliphatic carbocycles. The van der Waals surface area contributed by atoms with E-state index in [2.05, 4.69) is 36.7 Å². The van der Waals surface area contributed by atoms with Crippen molar-refractivity contribution in [2.75, 3.05) is 11.4 Å². The lowest BCUT2D eigenvalue weighted by atomic mass is 10.1. The number of nitrogens with zero attached hydrogens (tertiary/aromatic N) is 2. The van der Waals surface area contributed by atoms with Gasteiger partial charge in [-0.25, -0.2) is 0 Å². The Hall–Kier alpha value is -0.760. The molecule has 1 heterocycles. The zero-order valence-electron chi connectivity index (χ0n) is 9.92. The number of alkyl halides is 1. The largest absolute Gasteiger partial charge is 0.369 e. The highest BCUT2D eigenvalue weighted by molar-refractivity contribution is 6.17. The summed E-state index contributed by atoms with van der Waals surface area (Å²) in [6, 6.07) is 2.60. The first kappa shape index (κ1) is 12.3. The van der Waals surface area contributed by atoms with Gasteiger partial charge in [0.2, 0.25) is 0 Å². The van der Waals surface area contributed by atoms with Crippen molar-refractivity contribution < 1.29 is 0 Å². The van der Waals surface area contributed by atoms with Gasteiger partial charge in [0.05, 0.1) is 5.88 Å². The van der Waals surface area contributed by atoms with Gasteiger partial charge >= 0.3 is 0 Å². The number of hydrogen-bond acceptors (Lipinski definition) is 2. The molecule has 0 aliphatic rings. The van der Waals surface area contributed by atoms with Gasteiger partial charge in [-0.05, 0) is 33.8 Å². The van der Waals surface area contributed by atoms with Gasteiger partial charge in [0, 0.05) is 35.7 Å². The lowest BCUT2D eigenvalue weighted by Crippen LogP contribution is -2.31. The standard InChI is InChI=1S/C12H19ClN2/c1-5-15(9(2)3)12-6-10(4)14-8-11(12)7-13/h6,8-9H,5,7H2,1-4H3. The van der Waals surface area contributed by atoms with Crippen LogP contribution in [0.5, 0.6) is 0 Å². The quantitative estimate of drug-likeness (QED) is 0.732. The van der Waals surface area contributed by atoms with E-state index in [1.165, 1.54) is 5.69 Å². The summed E-state index contributed by atoms with van der Waals surface area (Å²) in [6.07, 6.45) is 1.88. The van der Waals surface area contributed by atoms with Crippen molar-refractivity contribution in [1.82, 2.24) is 4.98 Å². The van der Waals surface area contributed by atoms with Crippen LogP contribution >= 0.6 is 11.6 Å². The molecule has 0 atom stereocenters. The maximum Gasteiger partial charge on any atom is 0.0509 e. The van der Waals surface area contributed by atoms with E-state index >= 15 is 0 Å². The van der Waals surface area contributed by atoms with Gasteiger partial charge < -0.3 is 4.90 Å². The normalized spacial score (nSPS) is 10.8. The van der Waals surface area contributed by atoms with Crippen LogP contribution in [0.3, 0.4) is 0 Å². The molecule has 0 aliphatic heterocycles. The number of pyridine rings is 1. The Morgan fingerprint density at radius 3 is 2.60 bits per heavy atom. The van der Waals surface area contributed by atoms with E-state index in [1.807, 2.05) is 13.1 Å². The minimum absolute atomic E-state index is 0.485. The Balaban J connectivity index is 3.13. The maximum atomic E-state index is 5.92. The van der Waals surface area contributed by atoms with Gasteiger partial charge in [0.25, 0.3) is 0 Å². The van der Waals surface area contributed by atoms with Crippen LogP contribution in [0.2, 0.25) is 0 Å². The molecule has 1 aromatic heterocycles. The molecule has 0 N–H and O–H groups in total. The van der Waals surface area contributed by atoms with E-state index in [4.69, 9.17) is 11.6 Å². The summed E-state index contributed by atoms with van der Waals surface area (Å²) < 4.78 is 0.